The van der Waals surface area contributed by atoms with Crippen molar-refractivity contribution in [1.29, 1.82) is 0 Å². The summed E-state index contributed by atoms with van der Waals surface area (Å²) < 4.78 is 2.24. The van der Waals surface area contributed by atoms with Crippen LogP contribution in [0.15, 0.2) is 322 Å². The van der Waals surface area contributed by atoms with Gasteiger partial charge >= 0.3 is 0 Å². The van der Waals surface area contributed by atoms with Gasteiger partial charge < -0.3 is 10.6 Å². The van der Waals surface area contributed by atoms with Crippen molar-refractivity contribution >= 4 is 34.2 Å². The molecule has 7 aromatic rings. The van der Waals surface area contributed by atoms with Crippen LogP contribution < -0.4 is 5.73 Å². The number of allylic oxidation sites excluding steroid dienone is 16. The second-order valence-corrected chi connectivity index (χ2v) is 19.5. The maximum Gasteiger partial charge on any atom is 0.146 e. The number of aromatic nitrogens is 2. The Hall–Kier alpha value is -10.0. The maximum atomic E-state index is 6.78. The second kappa shape index (κ2) is 28.7. The lowest BCUT2D eigenvalue weighted by molar-refractivity contribution is 0.632. The molecule has 1 aromatic heterocycles. The van der Waals surface area contributed by atoms with E-state index in [4.69, 9.17) is 30.5 Å². The van der Waals surface area contributed by atoms with Crippen LogP contribution in [0.4, 0.5) is 0 Å². The summed E-state index contributed by atoms with van der Waals surface area (Å²) in [7, 11) is 0. The number of hydrogen-bond donors (Lipinski definition) is 1. The summed E-state index contributed by atoms with van der Waals surface area (Å²) >= 11 is 0. The molecule has 0 aliphatic heterocycles. The monoisotopic (exact) mass is 1070 g/mol. The van der Waals surface area contributed by atoms with E-state index in [1.165, 1.54) is 0 Å². The lowest BCUT2D eigenvalue weighted by atomic mass is 9.86. The molecule has 0 bridgehead atoms. The van der Waals surface area contributed by atoms with Gasteiger partial charge in [0.05, 0.1) is 17.1 Å². The van der Waals surface area contributed by atoms with Crippen molar-refractivity contribution in [1.82, 2.24) is 14.5 Å². The number of benzene rings is 6. The molecule has 0 saturated carbocycles. The molecule has 7 rings (SSSR count). The van der Waals surface area contributed by atoms with Crippen molar-refractivity contribution in [3.63, 3.8) is 0 Å². The van der Waals surface area contributed by atoms with Crippen LogP contribution in [-0.4, -0.2) is 14.5 Å². The normalized spacial score (nSPS) is 13.0. The van der Waals surface area contributed by atoms with Crippen LogP contribution in [0, 0.1) is 6.92 Å². The molecule has 6 aromatic carbocycles. The van der Waals surface area contributed by atoms with Gasteiger partial charge in [0, 0.05) is 39.5 Å². The minimum atomic E-state index is 0.535. The minimum absolute atomic E-state index is 0.535. The molecular weight excluding hydrogens is 993 g/mol. The first kappa shape index (κ1) is 59.6. The van der Waals surface area contributed by atoms with Crippen molar-refractivity contribution in [2.45, 2.75) is 48.0 Å². The third-order valence-corrected chi connectivity index (χ3v) is 14.3. The fourth-order valence-corrected chi connectivity index (χ4v) is 10.1. The van der Waals surface area contributed by atoms with E-state index in [1.54, 1.807) is 12.2 Å². The van der Waals surface area contributed by atoms with E-state index in [2.05, 4.69) is 239 Å². The molecule has 0 aliphatic rings. The van der Waals surface area contributed by atoms with Crippen LogP contribution in [-0.2, 0) is 0 Å². The molecule has 1 heterocycles. The van der Waals surface area contributed by atoms with Gasteiger partial charge in [-0.05, 0) is 126 Å². The van der Waals surface area contributed by atoms with E-state index in [0.29, 0.717) is 22.7 Å². The largest absolute Gasteiger partial charge is 0.398 e. The van der Waals surface area contributed by atoms with Crippen molar-refractivity contribution in [3.05, 3.63) is 367 Å². The van der Waals surface area contributed by atoms with Gasteiger partial charge in [0.1, 0.15) is 5.82 Å². The van der Waals surface area contributed by atoms with Crippen LogP contribution in [0.2, 0.25) is 0 Å². The molecule has 0 amide bonds. The van der Waals surface area contributed by atoms with E-state index >= 15 is 0 Å². The first-order chi connectivity index (χ1) is 39.9. The molecule has 0 radical (unpaired) electrons. The van der Waals surface area contributed by atoms with Crippen LogP contribution in [0.1, 0.15) is 85.7 Å². The molecular formula is C78H76N4. The summed E-state index contributed by atoms with van der Waals surface area (Å²) in [6.45, 7) is 44.2. The molecule has 0 saturated heterocycles. The first-order valence-electron chi connectivity index (χ1n) is 27.8. The molecule has 4 nitrogen and oxygen atoms in total. The summed E-state index contributed by atoms with van der Waals surface area (Å²) in [6, 6.07) is 56.5. The summed E-state index contributed by atoms with van der Waals surface area (Å²) in [4.78, 5) is 7.62. The molecule has 0 aliphatic carbocycles. The SMILES string of the molecule is C=CC(=C)/C(C=C)=C(/c1cccc(C(=C)n2c(-c3ccccc3C)nc(-c3ccccc3)c2C(/C=C\CC)=C/C)c1)c1ccccc1\C=C/C=C(\C=C\C)C(=C)N(C(=C)/C(C=C)=C(N)/C=C\C)/C(=C(\C)c1ccccc1)c1ccccc1. The fourth-order valence-electron chi connectivity index (χ4n) is 10.1. The van der Waals surface area contributed by atoms with Gasteiger partial charge in [-0.3, -0.25) is 4.57 Å². The highest BCUT2D eigenvalue weighted by Crippen LogP contribution is 2.42. The average molecular weight is 1070 g/mol. The van der Waals surface area contributed by atoms with Gasteiger partial charge in [0.25, 0.3) is 0 Å². The highest BCUT2D eigenvalue weighted by Gasteiger charge is 2.27. The Morgan fingerprint density at radius 2 is 1.23 bits per heavy atom. The van der Waals surface area contributed by atoms with E-state index in [1.807, 2.05) is 68.5 Å². The Kier molecular flexibility index (Phi) is 20.9. The molecule has 0 unspecified atom stereocenters. The predicted octanol–water partition coefficient (Wildman–Crippen LogP) is 20.6. The lowest BCUT2D eigenvalue weighted by Gasteiger charge is -2.34. The third kappa shape index (κ3) is 13.3. The predicted molar refractivity (Wildman–Crippen MR) is 357 cm³/mol. The number of imidazole rings is 1. The Morgan fingerprint density at radius 3 is 1.85 bits per heavy atom. The van der Waals surface area contributed by atoms with Crippen LogP contribution in [0.25, 0.3) is 56.8 Å². The fraction of sp³-hybridized carbons (Fsp3) is 0.0897. The number of nitrogens with two attached hydrogens (primary N) is 1. The smallest absolute Gasteiger partial charge is 0.146 e. The van der Waals surface area contributed by atoms with Crippen molar-refractivity contribution in [2.75, 3.05) is 0 Å². The van der Waals surface area contributed by atoms with Gasteiger partial charge in [0.15, 0.2) is 0 Å². The van der Waals surface area contributed by atoms with E-state index in [-0.39, 0.29) is 0 Å². The van der Waals surface area contributed by atoms with Crippen molar-refractivity contribution in [3.8, 4) is 22.6 Å². The third-order valence-electron chi connectivity index (χ3n) is 14.3. The second-order valence-electron chi connectivity index (χ2n) is 19.5. The molecule has 408 valence electrons. The van der Waals surface area contributed by atoms with E-state index in [0.717, 1.165) is 119 Å². The average Bonchev–Trinajstić information content (AvgIpc) is 4.00. The topological polar surface area (TPSA) is 47.1 Å². The number of rotatable bonds is 24. The van der Waals surface area contributed by atoms with Crippen molar-refractivity contribution in [2.24, 2.45) is 5.73 Å². The first-order valence-corrected chi connectivity index (χ1v) is 27.8. The number of aryl methyl sites for hydroxylation is 1. The van der Waals surface area contributed by atoms with Gasteiger partial charge in [-0.1, -0.05) is 284 Å². The summed E-state index contributed by atoms with van der Waals surface area (Å²) in [5, 5.41) is 0. The summed E-state index contributed by atoms with van der Waals surface area (Å²) in [5.41, 5.74) is 27.2. The van der Waals surface area contributed by atoms with Gasteiger partial charge in [0.2, 0.25) is 0 Å². The summed E-state index contributed by atoms with van der Waals surface area (Å²) in [5.74, 6) is 0.805. The van der Waals surface area contributed by atoms with Gasteiger partial charge in [-0.2, -0.15) is 0 Å². The Morgan fingerprint density at radius 1 is 0.634 bits per heavy atom. The maximum absolute atomic E-state index is 6.78. The zero-order valence-corrected chi connectivity index (χ0v) is 48.7. The zero-order valence-electron chi connectivity index (χ0n) is 48.7. The number of nitrogens with zero attached hydrogens (tertiary/aromatic N) is 3. The Balaban J connectivity index is 1.42. The lowest BCUT2D eigenvalue weighted by Crippen LogP contribution is -2.24. The Labute approximate surface area is 489 Å². The van der Waals surface area contributed by atoms with Crippen LogP contribution in [0.5, 0.6) is 0 Å². The standard InChI is InChI=1S/C78H76N4/c1-14-21-40-61(18-5)77-75(65-44-27-23-28-45-65)80-78(71-52-33-31-39-56(71)9)82(77)59(12)67-50-36-51-68(54-67)74(69(19-6)55(8)17-4)72-53-34-32-43-64(72)49-35-48-63(37-15-2)58(11)81(60(13)70(20-7)73(79)38-16-3)76(66-46-29-24-30-47-66)57(10)62-41-25-22-26-42-62/h15-54H,4,6-8,11-14,79H2,1-3,5,9-10H3/b37-15+,38-16-,40-21-,49-35-,61-18+,63-48+,73-70-,74-69-,76-57+. The van der Waals surface area contributed by atoms with E-state index < -0.39 is 0 Å². The van der Waals surface area contributed by atoms with Gasteiger partial charge in [-0.25, -0.2) is 4.98 Å². The van der Waals surface area contributed by atoms with Crippen LogP contribution in [0.3, 0.4) is 0 Å². The minimum Gasteiger partial charge on any atom is -0.398 e. The highest BCUT2D eigenvalue weighted by atomic mass is 15.2. The molecule has 0 spiro atoms. The molecule has 2 N–H and O–H groups in total. The molecule has 4 heteroatoms. The molecule has 0 atom stereocenters. The molecule has 82 heavy (non-hydrogen) atoms. The summed E-state index contributed by atoms with van der Waals surface area (Å²) in [6.07, 6.45) is 27.0. The molecule has 0 fully saturated rings. The quantitative estimate of drug-likeness (QED) is 0.0485. The Bertz CT molecular complexity index is 3830. The van der Waals surface area contributed by atoms with E-state index in [9.17, 15) is 0 Å². The zero-order chi connectivity index (χ0) is 58.7. The highest BCUT2D eigenvalue weighted by molar-refractivity contribution is 5.94. The van der Waals surface area contributed by atoms with Gasteiger partial charge in [-0.15, -0.1) is 0 Å². The number of hydrogen-bond acceptors (Lipinski definition) is 3. The van der Waals surface area contributed by atoms with Crippen molar-refractivity contribution < 1.29 is 0 Å². The van der Waals surface area contributed by atoms with Crippen LogP contribution >= 0.6 is 0 Å².